The molecule has 0 radical (unpaired) electrons. The summed E-state index contributed by atoms with van der Waals surface area (Å²) in [6, 6.07) is 22.0. The Kier molecular flexibility index (Phi) is 4.87. The molecule has 0 aliphatic rings. The first-order valence-corrected chi connectivity index (χ1v) is 7.72. The first-order valence-electron chi connectivity index (χ1n) is 7.72. The summed E-state index contributed by atoms with van der Waals surface area (Å²) in [7, 11) is 0. The van der Waals surface area contributed by atoms with Crippen molar-refractivity contribution in [3.05, 3.63) is 77.9 Å². The standard InChI is InChI=1S/C20H18N2O2/c1-15(23)22-21-13-17-8-3-5-12-20(17)24-14-18-10-6-9-16-7-2-4-11-19(16)18/h2-13H,14H2,1H3,(H,22,23)/b21-13+. The molecule has 0 heterocycles. The normalized spacial score (nSPS) is 10.9. The predicted molar refractivity (Wildman–Crippen MR) is 96.1 cm³/mol. The highest BCUT2D eigenvalue weighted by Gasteiger charge is 2.04. The molecule has 0 atom stereocenters. The van der Waals surface area contributed by atoms with E-state index < -0.39 is 0 Å². The van der Waals surface area contributed by atoms with Gasteiger partial charge in [-0.2, -0.15) is 5.10 Å². The molecule has 3 aromatic rings. The van der Waals surface area contributed by atoms with Gasteiger partial charge in [-0.1, -0.05) is 54.6 Å². The fraction of sp³-hybridized carbons (Fsp3) is 0.100. The Hall–Kier alpha value is -3.14. The summed E-state index contributed by atoms with van der Waals surface area (Å²) in [5.41, 5.74) is 4.33. The van der Waals surface area contributed by atoms with Crippen LogP contribution in [0.25, 0.3) is 10.8 Å². The van der Waals surface area contributed by atoms with E-state index in [0.29, 0.717) is 6.61 Å². The van der Waals surface area contributed by atoms with E-state index in [1.165, 1.54) is 17.7 Å². The largest absolute Gasteiger partial charge is 0.488 e. The van der Waals surface area contributed by atoms with Crippen molar-refractivity contribution < 1.29 is 9.53 Å². The van der Waals surface area contributed by atoms with Crippen LogP contribution in [0.2, 0.25) is 0 Å². The molecule has 0 fully saturated rings. The number of nitrogens with one attached hydrogen (secondary N) is 1. The van der Waals surface area contributed by atoms with Crippen LogP contribution < -0.4 is 10.2 Å². The van der Waals surface area contributed by atoms with Gasteiger partial charge in [0.2, 0.25) is 5.91 Å². The number of carbonyl (C=O) groups is 1. The molecule has 0 saturated heterocycles. The number of carbonyl (C=O) groups excluding carboxylic acids is 1. The van der Waals surface area contributed by atoms with E-state index in [1.54, 1.807) is 6.21 Å². The summed E-state index contributed by atoms with van der Waals surface area (Å²) in [5.74, 6) is 0.514. The summed E-state index contributed by atoms with van der Waals surface area (Å²) >= 11 is 0. The first kappa shape index (κ1) is 15.7. The molecule has 0 unspecified atom stereocenters. The number of nitrogens with zero attached hydrogens (tertiary/aromatic N) is 1. The van der Waals surface area contributed by atoms with Crippen molar-refractivity contribution in [3.8, 4) is 5.75 Å². The van der Waals surface area contributed by atoms with Crippen molar-refractivity contribution in [1.82, 2.24) is 5.43 Å². The van der Waals surface area contributed by atoms with Crippen molar-refractivity contribution >= 4 is 22.9 Å². The molecular weight excluding hydrogens is 300 g/mol. The molecule has 120 valence electrons. The summed E-state index contributed by atoms with van der Waals surface area (Å²) in [6.45, 7) is 1.88. The Bertz CT molecular complexity index is 882. The third-order valence-corrected chi connectivity index (χ3v) is 3.61. The van der Waals surface area contributed by atoms with Crippen LogP contribution in [0.5, 0.6) is 5.75 Å². The lowest BCUT2D eigenvalue weighted by molar-refractivity contribution is -0.118. The number of hydrazone groups is 1. The lowest BCUT2D eigenvalue weighted by Gasteiger charge is -2.11. The molecule has 0 aliphatic heterocycles. The molecule has 3 aromatic carbocycles. The van der Waals surface area contributed by atoms with E-state index in [4.69, 9.17) is 4.74 Å². The van der Waals surface area contributed by atoms with Crippen molar-refractivity contribution in [3.63, 3.8) is 0 Å². The van der Waals surface area contributed by atoms with Gasteiger partial charge in [-0.25, -0.2) is 5.43 Å². The van der Waals surface area contributed by atoms with Gasteiger partial charge in [-0.3, -0.25) is 4.79 Å². The van der Waals surface area contributed by atoms with Gasteiger partial charge in [0.1, 0.15) is 12.4 Å². The molecule has 1 N–H and O–H groups in total. The molecule has 4 heteroatoms. The van der Waals surface area contributed by atoms with Crippen molar-refractivity contribution in [1.29, 1.82) is 0 Å². The third kappa shape index (κ3) is 3.79. The number of ether oxygens (including phenoxy) is 1. The van der Waals surface area contributed by atoms with Crippen LogP contribution in [0, 0.1) is 0 Å². The quantitative estimate of drug-likeness (QED) is 0.573. The van der Waals surface area contributed by atoms with Crippen LogP contribution in [0.1, 0.15) is 18.1 Å². The maximum absolute atomic E-state index is 10.9. The summed E-state index contributed by atoms with van der Waals surface area (Å²) in [4.78, 5) is 10.9. The zero-order valence-corrected chi connectivity index (χ0v) is 13.4. The van der Waals surface area contributed by atoms with Gasteiger partial charge >= 0.3 is 0 Å². The second-order valence-electron chi connectivity index (χ2n) is 5.39. The molecule has 4 nitrogen and oxygen atoms in total. The Balaban J connectivity index is 1.79. The van der Waals surface area contributed by atoms with Gasteiger partial charge in [-0.15, -0.1) is 0 Å². The van der Waals surface area contributed by atoms with E-state index in [2.05, 4.69) is 34.8 Å². The maximum Gasteiger partial charge on any atom is 0.236 e. The van der Waals surface area contributed by atoms with Gasteiger partial charge in [0.05, 0.1) is 6.21 Å². The molecule has 0 saturated carbocycles. The van der Waals surface area contributed by atoms with Crippen molar-refractivity contribution in [2.24, 2.45) is 5.10 Å². The number of hydrogen-bond donors (Lipinski definition) is 1. The minimum atomic E-state index is -0.208. The van der Waals surface area contributed by atoms with Crippen LogP contribution in [0.15, 0.2) is 71.8 Å². The van der Waals surface area contributed by atoms with E-state index in [9.17, 15) is 4.79 Å². The average molecular weight is 318 g/mol. The Morgan fingerprint density at radius 2 is 1.79 bits per heavy atom. The van der Waals surface area contributed by atoms with Crippen LogP contribution in [0.3, 0.4) is 0 Å². The smallest absolute Gasteiger partial charge is 0.236 e. The second kappa shape index (κ2) is 7.42. The minimum Gasteiger partial charge on any atom is -0.488 e. The molecule has 3 rings (SSSR count). The molecule has 0 aliphatic carbocycles. The highest BCUT2D eigenvalue weighted by atomic mass is 16.5. The van der Waals surface area contributed by atoms with E-state index in [-0.39, 0.29) is 5.91 Å². The molecule has 24 heavy (non-hydrogen) atoms. The van der Waals surface area contributed by atoms with Gasteiger partial charge in [0.25, 0.3) is 0 Å². The minimum absolute atomic E-state index is 0.208. The topological polar surface area (TPSA) is 50.7 Å². The Labute approximate surface area is 140 Å². The number of fused-ring (bicyclic) bond motifs is 1. The number of benzene rings is 3. The van der Waals surface area contributed by atoms with Crippen LogP contribution in [0.4, 0.5) is 0 Å². The molecule has 0 spiro atoms. The monoisotopic (exact) mass is 318 g/mol. The Morgan fingerprint density at radius 1 is 1.04 bits per heavy atom. The zero-order chi connectivity index (χ0) is 16.8. The van der Waals surface area contributed by atoms with Crippen molar-refractivity contribution in [2.45, 2.75) is 13.5 Å². The maximum atomic E-state index is 10.9. The third-order valence-electron chi connectivity index (χ3n) is 3.61. The predicted octanol–water partition coefficient (Wildman–Crippen LogP) is 3.89. The van der Waals surface area contributed by atoms with Crippen LogP contribution in [-0.2, 0) is 11.4 Å². The first-order chi connectivity index (χ1) is 11.7. The fourth-order valence-corrected chi connectivity index (χ4v) is 2.49. The van der Waals surface area contributed by atoms with Gasteiger partial charge in [-0.05, 0) is 28.5 Å². The average Bonchev–Trinajstić information content (AvgIpc) is 2.60. The summed E-state index contributed by atoms with van der Waals surface area (Å²) in [5, 5.41) is 6.28. The van der Waals surface area contributed by atoms with Crippen LogP contribution in [-0.4, -0.2) is 12.1 Å². The summed E-state index contributed by atoms with van der Waals surface area (Å²) in [6.07, 6.45) is 1.58. The lowest BCUT2D eigenvalue weighted by Crippen LogP contribution is -2.12. The number of para-hydroxylation sites is 1. The van der Waals surface area contributed by atoms with E-state index >= 15 is 0 Å². The number of hydrogen-bond acceptors (Lipinski definition) is 3. The SMILES string of the molecule is CC(=O)N/N=C/c1ccccc1OCc1cccc2ccccc12. The Morgan fingerprint density at radius 3 is 2.67 bits per heavy atom. The van der Waals surface area contributed by atoms with Crippen LogP contribution >= 0.6 is 0 Å². The van der Waals surface area contributed by atoms with Gasteiger partial charge in [0.15, 0.2) is 0 Å². The molecular formula is C20H18N2O2. The number of rotatable bonds is 5. The molecule has 1 amide bonds. The van der Waals surface area contributed by atoms with E-state index in [0.717, 1.165) is 16.9 Å². The van der Waals surface area contributed by atoms with Crippen molar-refractivity contribution in [2.75, 3.05) is 0 Å². The zero-order valence-electron chi connectivity index (χ0n) is 13.4. The summed E-state index contributed by atoms with van der Waals surface area (Å²) < 4.78 is 5.98. The molecule has 0 aromatic heterocycles. The highest BCUT2D eigenvalue weighted by Crippen LogP contribution is 2.22. The van der Waals surface area contributed by atoms with E-state index in [1.807, 2.05) is 42.5 Å². The van der Waals surface area contributed by atoms with Gasteiger partial charge in [0, 0.05) is 12.5 Å². The number of amides is 1. The highest BCUT2D eigenvalue weighted by molar-refractivity contribution is 5.86. The fourth-order valence-electron chi connectivity index (χ4n) is 2.49. The van der Waals surface area contributed by atoms with Gasteiger partial charge < -0.3 is 4.74 Å². The molecule has 0 bridgehead atoms. The second-order valence-corrected chi connectivity index (χ2v) is 5.39. The lowest BCUT2D eigenvalue weighted by atomic mass is 10.1.